The second-order valence-corrected chi connectivity index (χ2v) is 8.84. The minimum atomic E-state index is -0.181. The summed E-state index contributed by atoms with van der Waals surface area (Å²) < 4.78 is 13.6. The SMILES string of the molecule is CCn1cc(/C=C2/Oc3c(ccc([O-])c3C[NH+]3CCN(C)CC3)C2=O)c2cc(OC)ccc21. The van der Waals surface area contributed by atoms with E-state index in [0.717, 1.165) is 54.9 Å². The molecule has 0 aliphatic carbocycles. The number of hydrogen-bond donors (Lipinski definition) is 1. The molecule has 1 fully saturated rings. The number of aromatic nitrogens is 1. The van der Waals surface area contributed by atoms with E-state index in [1.807, 2.05) is 24.4 Å². The highest BCUT2D eigenvalue weighted by molar-refractivity contribution is 6.15. The Bertz CT molecular complexity index is 1250. The van der Waals surface area contributed by atoms with Crippen LogP contribution >= 0.6 is 0 Å². The fourth-order valence-electron chi connectivity index (χ4n) is 4.77. The van der Waals surface area contributed by atoms with Gasteiger partial charge in [-0.2, -0.15) is 0 Å². The molecule has 33 heavy (non-hydrogen) atoms. The fourth-order valence-corrected chi connectivity index (χ4v) is 4.77. The van der Waals surface area contributed by atoms with E-state index in [0.29, 0.717) is 23.4 Å². The number of ketones is 1. The van der Waals surface area contributed by atoms with E-state index in [9.17, 15) is 9.90 Å². The van der Waals surface area contributed by atoms with Gasteiger partial charge < -0.3 is 24.0 Å². The average molecular weight is 448 g/mol. The van der Waals surface area contributed by atoms with Crippen LogP contribution in [0.25, 0.3) is 17.0 Å². The Morgan fingerprint density at radius 3 is 2.73 bits per heavy atom. The number of aryl methyl sites for hydroxylation is 1. The predicted octanol–water partition coefficient (Wildman–Crippen LogP) is 1.69. The number of methoxy groups -OCH3 is 1. The third-order valence-corrected chi connectivity index (χ3v) is 6.77. The van der Waals surface area contributed by atoms with Gasteiger partial charge in [0.25, 0.3) is 0 Å². The van der Waals surface area contributed by atoms with Crippen molar-refractivity contribution in [1.82, 2.24) is 9.47 Å². The molecule has 0 bridgehead atoms. The van der Waals surface area contributed by atoms with Gasteiger partial charge in [-0.05, 0) is 44.3 Å². The maximum atomic E-state index is 13.2. The molecular weight excluding hydrogens is 418 g/mol. The number of benzene rings is 2. The summed E-state index contributed by atoms with van der Waals surface area (Å²) in [4.78, 5) is 16.8. The van der Waals surface area contributed by atoms with Crippen LogP contribution in [0, 0.1) is 0 Å². The van der Waals surface area contributed by atoms with Gasteiger partial charge in [-0.15, -0.1) is 0 Å². The number of hydrogen-bond acceptors (Lipinski definition) is 5. The predicted molar refractivity (Wildman–Crippen MR) is 125 cm³/mol. The van der Waals surface area contributed by atoms with Crippen molar-refractivity contribution in [1.29, 1.82) is 0 Å². The standard InChI is InChI=1S/C26H29N3O4/c1-4-29-15-17(20-14-18(32-3)5-7-22(20)29)13-24-25(31)19-6-8-23(30)21(26(19)33-24)16-28-11-9-27(2)10-12-28/h5-8,13-15,30H,4,9-12,16H2,1-3H3/b24-13+. The van der Waals surface area contributed by atoms with Gasteiger partial charge in [-0.3, -0.25) is 9.69 Å². The molecule has 2 aliphatic rings. The van der Waals surface area contributed by atoms with Gasteiger partial charge in [-0.25, -0.2) is 0 Å². The molecule has 0 atom stereocenters. The number of ether oxygens (including phenoxy) is 2. The third kappa shape index (κ3) is 3.87. The highest BCUT2D eigenvalue weighted by Gasteiger charge is 2.32. The maximum Gasteiger partial charge on any atom is 0.231 e. The van der Waals surface area contributed by atoms with E-state index in [-0.39, 0.29) is 17.3 Å². The molecule has 5 rings (SSSR count). The Balaban J connectivity index is 1.50. The molecule has 0 amide bonds. The molecule has 2 aromatic carbocycles. The quantitative estimate of drug-likeness (QED) is 0.603. The molecule has 172 valence electrons. The molecule has 0 spiro atoms. The van der Waals surface area contributed by atoms with Crippen molar-refractivity contribution in [2.24, 2.45) is 0 Å². The van der Waals surface area contributed by atoms with Gasteiger partial charge in [0.2, 0.25) is 5.78 Å². The summed E-state index contributed by atoms with van der Waals surface area (Å²) in [5.74, 6) is 1.19. The minimum Gasteiger partial charge on any atom is -0.872 e. The fraction of sp³-hybridized carbons (Fsp3) is 0.346. The summed E-state index contributed by atoms with van der Waals surface area (Å²) in [6.45, 7) is 7.38. The zero-order valence-electron chi connectivity index (χ0n) is 19.3. The second-order valence-electron chi connectivity index (χ2n) is 8.84. The molecule has 1 aromatic heterocycles. The molecule has 3 heterocycles. The smallest absolute Gasteiger partial charge is 0.231 e. The Hall–Kier alpha value is -3.29. The third-order valence-electron chi connectivity index (χ3n) is 6.77. The van der Waals surface area contributed by atoms with E-state index < -0.39 is 0 Å². The lowest BCUT2D eigenvalue weighted by Crippen LogP contribution is -3.13. The van der Waals surface area contributed by atoms with E-state index in [1.165, 1.54) is 11.0 Å². The van der Waals surface area contributed by atoms with E-state index in [4.69, 9.17) is 9.47 Å². The van der Waals surface area contributed by atoms with Crippen molar-refractivity contribution in [3.05, 3.63) is 59.0 Å². The molecule has 0 saturated carbocycles. The van der Waals surface area contributed by atoms with Gasteiger partial charge in [0.1, 0.15) is 18.0 Å². The van der Waals surface area contributed by atoms with Gasteiger partial charge in [0, 0.05) is 47.9 Å². The first-order valence-electron chi connectivity index (χ1n) is 11.4. The highest BCUT2D eigenvalue weighted by Crippen LogP contribution is 2.39. The number of allylic oxidation sites excluding steroid dienone is 1. The lowest BCUT2D eigenvalue weighted by atomic mass is 10.0. The monoisotopic (exact) mass is 447 g/mol. The molecule has 7 heteroatoms. The normalized spacial score (nSPS) is 18.2. The minimum absolute atomic E-state index is 0.0680. The van der Waals surface area contributed by atoms with Crippen LogP contribution in [0.5, 0.6) is 17.2 Å². The van der Waals surface area contributed by atoms with Crippen molar-refractivity contribution in [2.45, 2.75) is 20.0 Å². The molecule has 2 aliphatic heterocycles. The Labute approximate surface area is 193 Å². The molecule has 3 aromatic rings. The number of carbonyl (C=O) groups is 1. The van der Waals surface area contributed by atoms with Crippen molar-refractivity contribution < 1.29 is 24.3 Å². The van der Waals surface area contributed by atoms with Crippen LogP contribution in [0.2, 0.25) is 0 Å². The topological polar surface area (TPSA) is 71.2 Å². The van der Waals surface area contributed by atoms with Gasteiger partial charge in [-0.1, -0.05) is 11.8 Å². The summed E-state index contributed by atoms with van der Waals surface area (Å²) >= 11 is 0. The average Bonchev–Trinajstić information content (AvgIpc) is 3.34. The number of Topliss-reactive ketones (excluding diaryl/α,β-unsaturated/α-hetero) is 1. The van der Waals surface area contributed by atoms with Crippen LogP contribution in [-0.4, -0.2) is 55.6 Å². The van der Waals surface area contributed by atoms with Crippen molar-refractivity contribution >= 4 is 22.8 Å². The molecule has 1 saturated heterocycles. The van der Waals surface area contributed by atoms with E-state index in [2.05, 4.69) is 23.4 Å². The number of nitrogens with one attached hydrogen (secondary N) is 1. The zero-order valence-corrected chi connectivity index (χ0v) is 19.3. The van der Waals surface area contributed by atoms with Crippen LogP contribution < -0.4 is 19.5 Å². The van der Waals surface area contributed by atoms with E-state index >= 15 is 0 Å². The van der Waals surface area contributed by atoms with Gasteiger partial charge in [0.15, 0.2) is 5.76 Å². The number of rotatable bonds is 5. The first-order chi connectivity index (χ1) is 16.0. The zero-order chi connectivity index (χ0) is 23.1. The maximum absolute atomic E-state index is 13.2. The molecule has 0 radical (unpaired) electrons. The largest absolute Gasteiger partial charge is 0.872 e. The lowest BCUT2D eigenvalue weighted by Gasteiger charge is -2.30. The van der Waals surface area contributed by atoms with Crippen LogP contribution in [-0.2, 0) is 13.1 Å². The van der Waals surface area contributed by atoms with Crippen LogP contribution in [0.3, 0.4) is 0 Å². The Morgan fingerprint density at radius 2 is 2.00 bits per heavy atom. The summed E-state index contributed by atoms with van der Waals surface area (Å²) in [6.07, 6.45) is 3.80. The number of carbonyl (C=O) groups excluding carboxylic acids is 1. The Morgan fingerprint density at radius 1 is 1.21 bits per heavy atom. The molecular formula is C26H29N3O4. The summed E-state index contributed by atoms with van der Waals surface area (Å²) in [5, 5.41) is 13.7. The van der Waals surface area contributed by atoms with Crippen molar-refractivity contribution in [3.8, 4) is 17.2 Å². The second kappa shape index (κ2) is 8.57. The number of quaternary nitrogens is 1. The first-order valence-corrected chi connectivity index (χ1v) is 11.4. The number of fused-ring (bicyclic) bond motifs is 2. The lowest BCUT2D eigenvalue weighted by molar-refractivity contribution is -0.918. The van der Waals surface area contributed by atoms with Crippen molar-refractivity contribution in [2.75, 3.05) is 40.3 Å². The summed E-state index contributed by atoms with van der Waals surface area (Å²) in [7, 11) is 3.75. The first kappa shape index (κ1) is 21.6. The molecule has 0 unspecified atom stereocenters. The van der Waals surface area contributed by atoms with Crippen LogP contribution in [0.1, 0.15) is 28.4 Å². The van der Waals surface area contributed by atoms with Gasteiger partial charge >= 0.3 is 0 Å². The number of nitrogens with zero attached hydrogens (tertiary/aromatic N) is 2. The summed E-state index contributed by atoms with van der Waals surface area (Å²) in [6, 6.07) is 9.02. The number of likely N-dealkylation sites (N-methyl/N-ethyl adjacent to an activating group) is 1. The Kier molecular flexibility index (Phi) is 5.60. The summed E-state index contributed by atoms with van der Waals surface area (Å²) in [5.41, 5.74) is 3.02. The highest BCUT2D eigenvalue weighted by atomic mass is 16.5. The van der Waals surface area contributed by atoms with E-state index in [1.54, 1.807) is 19.3 Å². The molecule has 7 nitrogen and oxygen atoms in total. The molecule has 1 N–H and O–H groups in total. The van der Waals surface area contributed by atoms with Crippen LogP contribution in [0.4, 0.5) is 0 Å². The van der Waals surface area contributed by atoms with Crippen molar-refractivity contribution in [3.63, 3.8) is 0 Å². The number of piperazine rings is 1. The van der Waals surface area contributed by atoms with Gasteiger partial charge in [0.05, 0.1) is 25.8 Å². The van der Waals surface area contributed by atoms with Crippen LogP contribution in [0.15, 0.2) is 42.3 Å².